The number of nitrogens with zero attached hydrogens (tertiary/aromatic N) is 1. The van der Waals surface area contributed by atoms with Crippen molar-refractivity contribution in [3.8, 4) is 11.5 Å². The number of hydrogen-bond donors (Lipinski definition) is 1. The van der Waals surface area contributed by atoms with E-state index >= 15 is 0 Å². The van der Waals surface area contributed by atoms with Crippen molar-refractivity contribution >= 4 is 0 Å². The van der Waals surface area contributed by atoms with Crippen molar-refractivity contribution in [2.24, 2.45) is 0 Å². The fourth-order valence-corrected chi connectivity index (χ4v) is 2.12. The Kier molecular flexibility index (Phi) is 3.33. The molecule has 0 saturated carbocycles. The number of fused-ring (bicyclic) bond motifs is 1. The van der Waals surface area contributed by atoms with Crippen molar-refractivity contribution in [3.05, 3.63) is 54.4 Å². The van der Waals surface area contributed by atoms with Crippen molar-refractivity contribution in [2.75, 3.05) is 6.61 Å². The van der Waals surface area contributed by atoms with Gasteiger partial charge in [0.05, 0.1) is 6.10 Å². The average Bonchev–Trinajstić information content (AvgIpc) is 2.48. The predicted octanol–water partition coefficient (Wildman–Crippen LogP) is 1.82. The fraction of sp³-hybridized carbons (Fsp3) is 0.267. The zero-order chi connectivity index (χ0) is 13.1. The average molecular weight is 257 g/mol. The molecule has 2 aromatic rings. The number of hydrogen-bond acceptors (Lipinski definition) is 4. The van der Waals surface area contributed by atoms with Crippen molar-refractivity contribution in [1.29, 1.82) is 0 Å². The van der Waals surface area contributed by atoms with E-state index in [-0.39, 0.29) is 6.10 Å². The lowest BCUT2D eigenvalue weighted by Crippen LogP contribution is -2.40. The maximum absolute atomic E-state index is 10.2. The molecule has 1 aliphatic rings. The molecular weight excluding hydrogens is 242 g/mol. The first-order chi connectivity index (χ1) is 9.33. The lowest BCUT2D eigenvalue weighted by atomic mass is 10.0. The van der Waals surface area contributed by atoms with Crippen LogP contribution in [0.4, 0.5) is 0 Å². The van der Waals surface area contributed by atoms with Gasteiger partial charge in [0, 0.05) is 18.8 Å². The molecule has 0 spiro atoms. The summed E-state index contributed by atoms with van der Waals surface area (Å²) in [5.74, 6) is 1.42. The van der Waals surface area contributed by atoms with Crippen LogP contribution in [0.25, 0.3) is 0 Å². The Hall–Kier alpha value is -2.07. The van der Waals surface area contributed by atoms with Gasteiger partial charge < -0.3 is 14.6 Å². The summed E-state index contributed by atoms with van der Waals surface area (Å²) in [5.41, 5.74) is 1.03. The van der Waals surface area contributed by atoms with Crippen LogP contribution in [0.5, 0.6) is 11.5 Å². The molecule has 0 bridgehead atoms. The van der Waals surface area contributed by atoms with Gasteiger partial charge in [0.2, 0.25) is 0 Å². The van der Waals surface area contributed by atoms with Crippen molar-refractivity contribution in [3.63, 3.8) is 0 Å². The second kappa shape index (κ2) is 5.28. The van der Waals surface area contributed by atoms with Crippen LogP contribution in [-0.2, 0) is 6.42 Å². The monoisotopic (exact) mass is 257 g/mol. The number of aliphatic hydroxyl groups excluding tert-OH is 1. The molecule has 1 aromatic heterocycles. The molecule has 1 aliphatic heterocycles. The van der Waals surface area contributed by atoms with Crippen LogP contribution < -0.4 is 9.47 Å². The van der Waals surface area contributed by atoms with E-state index in [0.29, 0.717) is 18.8 Å². The first-order valence-corrected chi connectivity index (χ1v) is 6.28. The third-order valence-corrected chi connectivity index (χ3v) is 3.15. The number of aromatic nitrogens is 1. The predicted molar refractivity (Wildman–Crippen MR) is 70.3 cm³/mol. The van der Waals surface area contributed by atoms with Crippen LogP contribution in [-0.4, -0.2) is 28.9 Å². The highest BCUT2D eigenvalue weighted by Gasteiger charge is 2.27. The van der Waals surface area contributed by atoms with Gasteiger partial charge in [-0.2, -0.15) is 0 Å². The van der Waals surface area contributed by atoms with Crippen LogP contribution in [0, 0.1) is 0 Å². The third-order valence-electron chi connectivity index (χ3n) is 3.15. The molecule has 98 valence electrons. The topological polar surface area (TPSA) is 51.6 Å². The number of benzene rings is 1. The molecule has 0 saturated heterocycles. The Morgan fingerprint density at radius 1 is 1.16 bits per heavy atom. The minimum atomic E-state index is -0.601. The van der Waals surface area contributed by atoms with Crippen molar-refractivity contribution in [1.82, 2.24) is 4.98 Å². The summed E-state index contributed by atoms with van der Waals surface area (Å²) < 4.78 is 11.4. The molecule has 4 nitrogen and oxygen atoms in total. The second-order valence-electron chi connectivity index (χ2n) is 4.54. The van der Waals surface area contributed by atoms with E-state index in [4.69, 9.17) is 9.47 Å². The summed E-state index contributed by atoms with van der Waals surface area (Å²) in [6.07, 6.45) is 3.02. The molecular formula is C15H15NO3. The minimum Gasteiger partial charge on any atom is -0.486 e. The normalized spacial score (nSPS) is 18.9. The van der Waals surface area contributed by atoms with E-state index in [1.165, 1.54) is 0 Å². The molecule has 1 aromatic carbocycles. The Morgan fingerprint density at radius 3 is 2.68 bits per heavy atom. The van der Waals surface area contributed by atoms with Crippen molar-refractivity contribution in [2.45, 2.75) is 18.6 Å². The molecule has 3 rings (SSSR count). The molecule has 2 atom stereocenters. The van der Waals surface area contributed by atoms with E-state index in [1.807, 2.05) is 36.4 Å². The zero-order valence-corrected chi connectivity index (χ0v) is 10.4. The molecule has 4 heteroatoms. The van der Waals surface area contributed by atoms with Gasteiger partial charge in [0.25, 0.3) is 0 Å². The highest BCUT2D eigenvalue weighted by molar-refractivity contribution is 5.40. The van der Waals surface area contributed by atoms with Gasteiger partial charge >= 0.3 is 0 Å². The third kappa shape index (κ3) is 2.69. The summed E-state index contributed by atoms with van der Waals surface area (Å²) in [6, 6.07) is 11.3. The molecule has 1 N–H and O–H groups in total. The largest absolute Gasteiger partial charge is 0.486 e. The number of para-hydroxylation sites is 2. The zero-order valence-electron chi connectivity index (χ0n) is 10.4. The quantitative estimate of drug-likeness (QED) is 0.911. The maximum Gasteiger partial charge on any atom is 0.161 e. The molecule has 0 amide bonds. The highest BCUT2D eigenvalue weighted by atomic mass is 16.6. The molecule has 0 radical (unpaired) electrons. The van der Waals surface area contributed by atoms with E-state index in [1.54, 1.807) is 12.4 Å². The lowest BCUT2D eigenvalue weighted by molar-refractivity contribution is -0.00941. The van der Waals surface area contributed by atoms with Crippen LogP contribution in [0.1, 0.15) is 5.56 Å². The Morgan fingerprint density at radius 2 is 1.89 bits per heavy atom. The summed E-state index contributed by atoms with van der Waals surface area (Å²) in [5, 5.41) is 10.2. The van der Waals surface area contributed by atoms with Gasteiger partial charge in [0.15, 0.2) is 17.6 Å². The van der Waals surface area contributed by atoms with Gasteiger partial charge in [0.1, 0.15) is 6.61 Å². The molecule has 0 fully saturated rings. The smallest absolute Gasteiger partial charge is 0.161 e. The Bertz CT molecular complexity index is 544. The van der Waals surface area contributed by atoms with Crippen LogP contribution in [0.2, 0.25) is 0 Å². The summed E-state index contributed by atoms with van der Waals surface area (Å²) >= 11 is 0. The van der Waals surface area contributed by atoms with Crippen molar-refractivity contribution < 1.29 is 14.6 Å². The first kappa shape index (κ1) is 12.0. The molecule has 19 heavy (non-hydrogen) atoms. The summed E-state index contributed by atoms with van der Waals surface area (Å²) in [7, 11) is 0. The first-order valence-electron chi connectivity index (χ1n) is 6.28. The van der Waals surface area contributed by atoms with Crippen LogP contribution in [0.3, 0.4) is 0 Å². The SMILES string of the molecule is OC(Cc1ccncc1)C1COc2ccccc2O1. The molecule has 2 heterocycles. The second-order valence-corrected chi connectivity index (χ2v) is 4.54. The number of ether oxygens (including phenoxy) is 2. The number of pyridine rings is 1. The van der Waals surface area contributed by atoms with E-state index < -0.39 is 6.10 Å². The standard InChI is InChI=1S/C15H15NO3/c17-12(9-11-5-7-16-8-6-11)15-10-18-13-3-1-2-4-14(13)19-15/h1-8,12,15,17H,9-10H2. The summed E-state index contributed by atoms with van der Waals surface area (Å²) in [4.78, 5) is 3.96. The van der Waals surface area contributed by atoms with E-state index in [0.717, 1.165) is 11.3 Å². The van der Waals surface area contributed by atoms with Gasteiger partial charge in [-0.1, -0.05) is 12.1 Å². The molecule has 2 unspecified atom stereocenters. The Labute approximate surface area is 111 Å². The van der Waals surface area contributed by atoms with E-state index in [2.05, 4.69) is 4.98 Å². The van der Waals surface area contributed by atoms with Crippen LogP contribution in [0.15, 0.2) is 48.8 Å². The highest BCUT2D eigenvalue weighted by Crippen LogP contribution is 2.31. The summed E-state index contributed by atoms with van der Waals surface area (Å²) in [6.45, 7) is 0.364. The number of aliphatic hydroxyl groups is 1. The molecule has 0 aliphatic carbocycles. The maximum atomic E-state index is 10.2. The lowest BCUT2D eigenvalue weighted by Gasteiger charge is -2.29. The van der Waals surface area contributed by atoms with Crippen LogP contribution >= 0.6 is 0 Å². The van der Waals surface area contributed by atoms with Gasteiger partial charge in [-0.15, -0.1) is 0 Å². The Balaban J connectivity index is 1.68. The minimum absolute atomic E-state index is 0.344. The number of rotatable bonds is 3. The van der Waals surface area contributed by atoms with Gasteiger partial charge in [-0.25, -0.2) is 0 Å². The van der Waals surface area contributed by atoms with E-state index in [9.17, 15) is 5.11 Å². The van der Waals surface area contributed by atoms with Gasteiger partial charge in [-0.3, -0.25) is 4.98 Å². The fourth-order valence-electron chi connectivity index (χ4n) is 2.12. The van der Waals surface area contributed by atoms with Gasteiger partial charge in [-0.05, 0) is 29.8 Å².